The molecule has 5 heteroatoms. The first-order valence-electron chi connectivity index (χ1n) is 5.55. The number of amides is 2. The molecule has 0 spiro atoms. The molecule has 0 saturated heterocycles. The first kappa shape index (κ1) is 14.9. The molecule has 0 aliphatic carbocycles. The number of rotatable bonds is 7. The van der Waals surface area contributed by atoms with Crippen LogP contribution in [0.3, 0.4) is 0 Å². The van der Waals surface area contributed by atoms with E-state index in [1.807, 2.05) is 27.7 Å². The quantitative estimate of drug-likeness (QED) is 0.581. The summed E-state index contributed by atoms with van der Waals surface area (Å²) in [7, 11) is 0. The molecule has 0 rings (SSSR count). The molecule has 2 amide bonds. The van der Waals surface area contributed by atoms with Crippen LogP contribution < -0.4 is 16.4 Å². The van der Waals surface area contributed by atoms with E-state index in [9.17, 15) is 9.59 Å². The van der Waals surface area contributed by atoms with Crippen molar-refractivity contribution >= 4 is 11.8 Å². The molecule has 0 radical (unpaired) electrons. The van der Waals surface area contributed by atoms with Crippen LogP contribution in [-0.4, -0.2) is 29.9 Å². The average molecular weight is 229 g/mol. The number of hydrogen-bond donors (Lipinski definition) is 3. The summed E-state index contributed by atoms with van der Waals surface area (Å²) in [6, 6.07) is 0.158. The summed E-state index contributed by atoms with van der Waals surface area (Å²) >= 11 is 0. The van der Waals surface area contributed by atoms with Crippen LogP contribution in [0.25, 0.3) is 0 Å². The number of nitrogens with one attached hydrogen (secondary N) is 2. The van der Waals surface area contributed by atoms with E-state index >= 15 is 0 Å². The van der Waals surface area contributed by atoms with E-state index in [0.29, 0.717) is 13.0 Å². The largest absolute Gasteiger partial charge is 0.370 e. The first-order chi connectivity index (χ1) is 7.23. The van der Waals surface area contributed by atoms with Gasteiger partial charge in [-0.15, -0.1) is 0 Å². The van der Waals surface area contributed by atoms with Gasteiger partial charge in [-0.25, -0.2) is 0 Å². The minimum absolute atomic E-state index is 0.0115. The number of primary amides is 1. The lowest BCUT2D eigenvalue weighted by Gasteiger charge is -2.24. The molecule has 0 aliphatic heterocycles. The van der Waals surface area contributed by atoms with Crippen molar-refractivity contribution in [3.8, 4) is 0 Å². The van der Waals surface area contributed by atoms with E-state index in [1.54, 1.807) is 0 Å². The van der Waals surface area contributed by atoms with Gasteiger partial charge in [0, 0.05) is 31.0 Å². The monoisotopic (exact) mass is 229 g/mol. The van der Waals surface area contributed by atoms with Crippen LogP contribution in [0.1, 0.15) is 40.5 Å². The Labute approximate surface area is 97.2 Å². The fourth-order valence-electron chi connectivity index (χ4n) is 1.41. The second-order valence-corrected chi connectivity index (χ2v) is 4.93. The zero-order valence-corrected chi connectivity index (χ0v) is 10.6. The summed E-state index contributed by atoms with van der Waals surface area (Å²) in [4.78, 5) is 22.1. The molecule has 0 unspecified atom stereocenters. The van der Waals surface area contributed by atoms with Gasteiger partial charge in [-0.3, -0.25) is 9.59 Å². The first-order valence-corrected chi connectivity index (χ1v) is 5.55. The number of carbonyl (C=O) groups is 2. The van der Waals surface area contributed by atoms with E-state index < -0.39 is 0 Å². The van der Waals surface area contributed by atoms with Gasteiger partial charge in [-0.05, 0) is 27.7 Å². The van der Waals surface area contributed by atoms with Crippen LogP contribution in [0.5, 0.6) is 0 Å². The molecular formula is C11H23N3O2. The Morgan fingerprint density at radius 2 is 1.88 bits per heavy atom. The van der Waals surface area contributed by atoms with Crippen molar-refractivity contribution in [1.29, 1.82) is 0 Å². The highest BCUT2D eigenvalue weighted by Crippen LogP contribution is 2.06. The van der Waals surface area contributed by atoms with E-state index in [0.717, 1.165) is 0 Å². The molecule has 0 atom stereocenters. The summed E-state index contributed by atoms with van der Waals surface area (Å²) in [5.74, 6) is -0.332. The van der Waals surface area contributed by atoms with Crippen molar-refractivity contribution in [1.82, 2.24) is 10.6 Å². The molecule has 0 aromatic rings. The number of hydrogen-bond acceptors (Lipinski definition) is 3. The van der Waals surface area contributed by atoms with Gasteiger partial charge in [0.15, 0.2) is 0 Å². The Bertz CT molecular complexity index is 250. The normalized spacial score (nSPS) is 11.6. The second-order valence-electron chi connectivity index (χ2n) is 4.93. The molecule has 16 heavy (non-hydrogen) atoms. The van der Waals surface area contributed by atoms with Crippen LogP contribution in [0.15, 0.2) is 0 Å². The summed E-state index contributed by atoms with van der Waals surface area (Å²) in [6.07, 6.45) is 0.666. The van der Waals surface area contributed by atoms with E-state index in [-0.39, 0.29) is 29.8 Å². The lowest BCUT2D eigenvalue weighted by molar-refractivity contribution is -0.121. The maximum atomic E-state index is 11.3. The maximum absolute atomic E-state index is 11.3. The highest BCUT2D eigenvalue weighted by Gasteiger charge is 2.19. The van der Waals surface area contributed by atoms with Crippen molar-refractivity contribution in [3.63, 3.8) is 0 Å². The van der Waals surface area contributed by atoms with Gasteiger partial charge < -0.3 is 16.4 Å². The molecule has 0 aliphatic rings. The lowest BCUT2D eigenvalue weighted by Crippen LogP contribution is -2.44. The smallest absolute Gasteiger partial charge is 0.221 e. The third-order valence-corrected chi connectivity index (χ3v) is 2.02. The Kier molecular flexibility index (Phi) is 6.03. The molecule has 0 fully saturated rings. The number of carbonyl (C=O) groups excluding carboxylic acids is 2. The fraction of sp³-hybridized carbons (Fsp3) is 0.818. The molecule has 94 valence electrons. The van der Waals surface area contributed by atoms with Gasteiger partial charge in [0.2, 0.25) is 11.8 Å². The van der Waals surface area contributed by atoms with Crippen molar-refractivity contribution in [2.45, 2.75) is 52.1 Å². The van der Waals surface area contributed by atoms with Gasteiger partial charge in [0.05, 0.1) is 0 Å². The van der Waals surface area contributed by atoms with Gasteiger partial charge in [-0.2, -0.15) is 0 Å². The number of nitrogens with two attached hydrogens (primary N) is 1. The Morgan fingerprint density at radius 1 is 1.31 bits per heavy atom. The zero-order chi connectivity index (χ0) is 12.8. The SMILES string of the molecule is CC(C)NC(=O)CCNC(C)(C)CC(N)=O. The molecule has 0 bridgehead atoms. The molecular weight excluding hydrogens is 206 g/mol. The minimum atomic E-state index is -0.357. The standard InChI is InChI=1S/C11H23N3O2/c1-8(2)14-10(16)5-6-13-11(3,4)7-9(12)15/h8,13H,5-7H2,1-4H3,(H2,12,15)(H,14,16). The third kappa shape index (κ3) is 8.23. The molecule has 4 N–H and O–H groups in total. The summed E-state index contributed by atoms with van der Waals surface area (Å²) < 4.78 is 0. The van der Waals surface area contributed by atoms with Crippen LogP contribution >= 0.6 is 0 Å². The van der Waals surface area contributed by atoms with E-state index in [1.165, 1.54) is 0 Å². The predicted molar refractivity (Wildman–Crippen MR) is 63.8 cm³/mol. The van der Waals surface area contributed by atoms with Crippen LogP contribution in [-0.2, 0) is 9.59 Å². The van der Waals surface area contributed by atoms with Gasteiger partial charge >= 0.3 is 0 Å². The Balaban J connectivity index is 3.80. The summed E-state index contributed by atoms with van der Waals surface area (Å²) in [5.41, 5.74) is 4.76. The molecule has 0 heterocycles. The van der Waals surface area contributed by atoms with E-state index in [4.69, 9.17) is 5.73 Å². The van der Waals surface area contributed by atoms with Crippen LogP contribution in [0, 0.1) is 0 Å². The topological polar surface area (TPSA) is 84.2 Å². The second kappa shape index (κ2) is 6.48. The maximum Gasteiger partial charge on any atom is 0.221 e. The molecule has 0 aromatic carbocycles. The summed E-state index contributed by atoms with van der Waals surface area (Å²) in [5, 5.41) is 5.93. The highest BCUT2D eigenvalue weighted by atomic mass is 16.2. The van der Waals surface area contributed by atoms with Crippen molar-refractivity contribution < 1.29 is 9.59 Å². The molecule has 0 aromatic heterocycles. The van der Waals surface area contributed by atoms with Gasteiger partial charge in [0.25, 0.3) is 0 Å². The Hall–Kier alpha value is -1.10. The van der Waals surface area contributed by atoms with Crippen molar-refractivity contribution in [2.75, 3.05) is 6.54 Å². The zero-order valence-electron chi connectivity index (χ0n) is 10.6. The molecule has 0 saturated carbocycles. The lowest BCUT2D eigenvalue weighted by atomic mass is 10.0. The van der Waals surface area contributed by atoms with Crippen molar-refractivity contribution in [3.05, 3.63) is 0 Å². The van der Waals surface area contributed by atoms with Crippen molar-refractivity contribution in [2.24, 2.45) is 5.73 Å². The minimum Gasteiger partial charge on any atom is -0.370 e. The fourth-order valence-corrected chi connectivity index (χ4v) is 1.41. The predicted octanol–water partition coefficient (Wildman–Crippen LogP) is 0.145. The summed E-state index contributed by atoms with van der Waals surface area (Å²) in [6.45, 7) is 8.15. The van der Waals surface area contributed by atoms with Crippen LogP contribution in [0.2, 0.25) is 0 Å². The van der Waals surface area contributed by atoms with E-state index in [2.05, 4.69) is 10.6 Å². The van der Waals surface area contributed by atoms with Gasteiger partial charge in [-0.1, -0.05) is 0 Å². The van der Waals surface area contributed by atoms with Gasteiger partial charge in [0.1, 0.15) is 0 Å². The average Bonchev–Trinajstić information content (AvgIpc) is 1.98. The highest BCUT2D eigenvalue weighted by molar-refractivity contribution is 5.76. The third-order valence-electron chi connectivity index (χ3n) is 2.02. The Morgan fingerprint density at radius 3 is 2.31 bits per heavy atom. The van der Waals surface area contributed by atoms with Crippen LogP contribution in [0.4, 0.5) is 0 Å². The molecule has 5 nitrogen and oxygen atoms in total.